The Hall–Kier alpha value is -2.07. The summed E-state index contributed by atoms with van der Waals surface area (Å²) in [6, 6.07) is 11.8. The van der Waals surface area contributed by atoms with Gasteiger partial charge in [-0.05, 0) is 42.1 Å². The number of carbonyl (C=O) groups excluding carboxylic acids is 1. The molecule has 1 aromatic heterocycles. The molecule has 1 atom stereocenters. The summed E-state index contributed by atoms with van der Waals surface area (Å²) in [6.07, 6.45) is 3.47. The molecule has 1 aromatic carbocycles. The number of hydrogen-bond donors (Lipinski definition) is 0. The van der Waals surface area contributed by atoms with Crippen LogP contribution in [-0.4, -0.2) is 25.0 Å². The third-order valence-electron chi connectivity index (χ3n) is 3.46. The van der Waals surface area contributed by atoms with Gasteiger partial charge in [-0.3, -0.25) is 4.79 Å². The molecule has 0 N–H and O–H groups in total. The zero-order chi connectivity index (χ0) is 15.2. The minimum absolute atomic E-state index is 0.00767. The second-order valence-electron chi connectivity index (χ2n) is 4.75. The first-order valence-electron chi connectivity index (χ1n) is 6.74. The Morgan fingerprint density at radius 1 is 1.29 bits per heavy atom. The molecule has 2 rings (SSSR count). The molecular formula is C17H19NO2S. The molecule has 0 fully saturated rings. The lowest BCUT2D eigenvalue weighted by Gasteiger charge is -2.24. The van der Waals surface area contributed by atoms with E-state index in [0.29, 0.717) is 0 Å². The van der Waals surface area contributed by atoms with Crippen LogP contribution in [0.1, 0.15) is 23.4 Å². The van der Waals surface area contributed by atoms with Gasteiger partial charge in [0.15, 0.2) is 0 Å². The summed E-state index contributed by atoms with van der Waals surface area (Å²) in [7, 11) is 3.46. The molecule has 2 aromatic rings. The van der Waals surface area contributed by atoms with Crippen LogP contribution in [0.25, 0.3) is 6.08 Å². The molecule has 1 heterocycles. The quantitative estimate of drug-likeness (QED) is 0.782. The van der Waals surface area contributed by atoms with Crippen molar-refractivity contribution in [3.63, 3.8) is 0 Å². The smallest absolute Gasteiger partial charge is 0.246 e. The highest BCUT2D eigenvalue weighted by molar-refractivity contribution is 7.10. The van der Waals surface area contributed by atoms with Crippen molar-refractivity contribution in [3.8, 4) is 5.75 Å². The summed E-state index contributed by atoms with van der Waals surface area (Å²) in [5.74, 6) is 0.809. The zero-order valence-corrected chi connectivity index (χ0v) is 13.3. The Kier molecular flexibility index (Phi) is 5.17. The van der Waals surface area contributed by atoms with E-state index in [1.165, 1.54) is 0 Å². The van der Waals surface area contributed by atoms with Crippen LogP contribution < -0.4 is 4.74 Å². The summed E-state index contributed by atoms with van der Waals surface area (Å²) in [5, 5.41) is 1.99. The van der Waals surface area contributed by atoms with Crippen LogP contribution in [0.4, 0.5) is 0 Å². The number of likely N-dealkylation sites (N-methyl/N-ethyl adjacent to an activating group) is 1. The Bertz CT molecular complexity index is 602. The normalized spacial score (nSPS) is 12.3. The summed E-state index contributed by atoms with van der Waals surface area (Å²) in [5.41, 5.74) is 1.08. The average Bonchev–Trinajstić information content (AvgIpc) is 3.04. The van der Waals surface area contributed by atoms with Gasteiger partial charge in [-0.2, -0.15) is 0 Å². The first-order valence-corrected chi connectivity index (χ1v) is 7.62. The first-order chi connectivity index (χ1) is 10.1. The van der Waals surface area contributed by atoms with Crippen LogP contribution in [0.3, 0.4) is 0 Å². The lowest BCUT2D eigenvalue weighted by molar-refractivity contribution is -0.126. The van der Waals surface area contributed by atoms with Crippen molar-refractivity contribution in [1.29, 1.82) is 0 Å². The van der Waals surface area contributed by atoms with E-state index in [2.05, 4.69) is 0 Å². The predicted molar refractivity (Wildman–Crippen MR) is 87.5 cm³/mol. The maximum atomic E-state index is 12.2. The molecule has 21 heavy (non-hydrogen) atoms. The number of methoxy groups -OCH3 is 1. The molecule has 0 bridgehead atoms. The minimum atomic E-state index is -0.00767. The zero-order valence-electron chi connectivity index (χ0n) is 12.4. The SMILES string of the molecule is COc1ccc(C(C)N(C)C(=O)/C=C/c2cccs2)cc1. The number of hydrogen-bond acceptors (Lipinski definition) is 3. The molecule has 3 nitrogen and oxygen atoms in total. The molecule has 1 amide bonds. The van der Waals surface area contributed by atoms with E-state index in [9.17, 15) is 4.79 Å². The molecule has 110 valence electrons. The number of thiophene rings is 1. The second-order valence-corrected chi connectivity index (χ2v) is 5.73. The van der Waals surface area contributed by atoms with Gasteiger partial charge in [-0.15, -0.1) is 11.3 Å². The van der Waals surface area contributed by atoms with E-state index in [1.807, 2.05) is 61.8 Å². The van der Waals surface area contributed by atoms with Crippen LogP contribution >= 0.6 is 11.3 Å². The number of rotatable bonds is 5. The van der Waals surface area contributed by atoms with Crippen molar-refractivity contribution in [2.24, 2.45) is 0 Å². The molecule has 1 unspecified atom stereocenters. The maximum Gasteiger partial charge on any atom is 0.246 e. The van der Waals surface area contributed by atoms with Crippen LogP contribution in [0.2, 0.25) is 0 Å². The molecule has 4 heteroatoms. The van der Waals surface area contributed by atoms with E-state index >= 15 is 0 Å². The molecule has 0 saturated heterocycles. The summed E-state index contributed by atoms with van der Waals surface area (Å²) < 4.78 is 5.15. The fourth-order valence-corrected chi connectivity index (χ4v) is 2.57. The molecule has 0 aliphatic heterocycles. The monoisotopic (exact) mass is 301 g/mol. The van der Waals surface area contributed by atoms with Gasteiger partial charge in [-0.25, -0.2) is 0 Å². The molecule has 0 aliphatic carbocycles. The Morgan fingerprint density at radius 3 is 2.57 bits per heavy atom. The fraction of sp³-hybridized carbons (Fsp3) is 0.235. The maximum absolute atomic E-state index is 12.2. The van der Waals surface area contributed by atoms with Gasteiger partial charge in [-0.1, -0.05) is 18.2 Å². The van der Waals surface area contributed by atoms with Crippen molar-refractivity contribution in [2.75, 3.05) is 14.2 Å². The molecule has 0 spiro atoms. The first kappa shape index (κ1) is 15.3. The summed E-state index contributed by atoms with van der Waals surface area (Å²) in [4.78, 5) is 15.0. The van der Waals surface area contributed by atoms with E-state index < -0.39 is 0 Å². The lowest BCUT2D eigenvalue weighted by Crippen LogP contribution is -2.27. The van der Waals surface area contributed by atoms with Crippen LogP contribution in [0.5, 0.6) is 5.75 Å². The van der Waals surface area contributed by atoms with Crippen molar-refractivity contribution < 1.29 is 9.53 Å². The summed E-state index contributed by atoms with van der Waals surface area (Å²) in [6.45, 7) is 2.01. The number of carbonyl (C=O) groups is 1. The second kappa shape index (κ2) is 7.09. The highest BCUT2D eigenvalue weighted by Crippen LogP contribution is 2.22. The Morgan fingerprint density at radius 2 is 2.00 bits per heavy atom. The average molecular weight is 301 g/mol. The molecule has 0 saturated carbocycles. The van der Waals surface area contributed by atoms with Crippen molar-refractivity contribution >= 4 is 23.3 Å². The topological polar surface area (TPSA) is 29.5 Å². The number of amides is 1. The molecular weight excluding hydrogens is 282 g/mol. The van der Waals surface area contributed by atoms with Gasteiger partial charge in [0.1, 0.15) is 5.75 Å². The van der Waals surface area contributed by atoms with Gasteiger partial charge in [0.25, 0.3) is 0 Å². The Balaban J connectivity index is 2.03. The van der Waals surface area contributed by atoms with Crippen LogP contribution in [0, 0.1) is 0 Å². The number of ether oxygens (including phenoxy) is 1. The van der Waals surface area contributed by atoms with Gasteiger partial charge >= 0.3 is 0 Å². The molecule has 0 aliphatic rings. The van der Waals surface area contributed by atoms with Crippen molar-refractivity contribution in [3.05, 3.63) is 58.3 Å². The van der Waals surface area contributed by atoms with E-state index in [4.69, 9.17) is 4.74 Å². The third-order valence-corrected chi connectivity index (χ3v) is 4.30. The van der Waals surface area contributed by atoms with Gasteiger partial charge in [0.2, 0.25) is 5.91 Å². The van der Waals surface area contributed by atoms with Crippen LogP contribution in [-0.2, 0) is 4.79 Å². The van der Waals surface area contributed by atoms with Gasteiger partial charge in [0.05, 0.1) is 13.2 Å². The fourth-order valence-electron chi connectivity index (χ4n) is 1.95. The lowest BCUT2D eigenvalue weighted by atomic mass is 10.1. The summed E-state index contributed by atoms with van der Waals surface area (Å²) >= 11 is 1.61. The van der Waals surface area contributed by atoms with Gasteiger partial charge < -0.3 is 9.64 Å². The van der Waals surface area contributed by atoms with Crippen molar-refractivity contribution in [2.45, 2.75) is 13.0 Å². The largest absolute Gasteiger partial charge is 0.497 e. The number of nitrogens with zero attached hydrogens (tertiary/aromatic N) is 1. The van der Waals surface area contributed by atoms with Gasteiger partial charge in [0, 0.05) is 18.0 Å². The third kappa shape index (κ3) is 3.95. The number of benzene rings is 1. The van der Waals surface area contributed by atoms with E-state index in [-0.39, 0.29) is 11.9 Å². The highest BCUT2D eigenvalue weighted by atomic mass is 32.1. The standard InChI is InChI=1S/C17H19NO2S/c1-13(14-6-8-15(20-3)9-7-14)18(2)17(19)11-10-16-5-4-12-21-16/h4-13H,1-3H3/b11-10+. The molecule has 0 radical (unpaired) electrons. The van der Waals surface area contributed by atoms with E-state index in [1.54, 1.807) is 29.4 Å². The minimum Gasteiger partial charge on any atom is -0.497 e. The Labute approximate surface area is 129 Å². The highest BCUT2D eigenvalue weighted by Gasteiger charge is 2.15. The predicted octanol–water partition coefficient (Wildman–Crippen LogP) is 3.99. The van der Waals surface area contributed by atoms with Crippen LogP contribution in [0.15, 0.2) is 47.9 Å². The van der Waals surface area contributed by atoms with E-state index in [0.717, 1.165) is 16.2 Å². The van der Waals surface area contributed by atoms with Crippen molar-refractivity contribution in [1.82, 2.24) is 4.90 Å².